The number of para-hydroxylation sites is 1. The fraction of sp³-hybridized carbons (Fsp3) is 0.389. The molecular formula is C18H22N2O. The van der Waals surface area contributed by atoms with Crippen molar-refractivity contribution in [2.75, 3.05) is 19.6 Å². The summed E-state index contributed by atoms with van der Waals surface area (Å²) in [5.74, 6) is 0.985. The maximum absolute atomic E-state index is 6.29. The predicted octanol–water partition coefficient (Wildman–Crippen LogP) is 3.61. The van der Waals surface area contributed by atoms with Crippen molar-refractivity contribution in [3.05, 3.63) is 48.8 Å². The molecule has 0 spiro atoms. The second kappa shape index (κ2) is 6.72. The van der Waals surface area contributed by atoms with E-state index in [0.717, 1.165) is 49.4 Å². The molecule has 1 aliphatic rings. The first kappa shape index (κ1) is 14.1. The molecule has 0 N–H and O–H groups in total. The zero-order valence-electron chi connectivity index (χ0n) is 12.5. The van der Waals surface area contributed by atoms with E-state index in [1.165, 1.54) is 0 Å². The zero-order chi connectivity index (χ0) is 14.5. The number of aromatic nitrogens is 1. The van der Waals surface area contributed by atoms with E-state index in [4.69, 9.17) is 4.74 Å². The summed E-state index contributed by atoms with van der Waals surface area (Å²) < 4.78 is 6.29. The standard InChI is InChI=1S/C18H22N2O/c1-2-20-13-9-16(10-14-20)21-18-6-4-3-5-17(18)15-7-11-19-12-8-15/h3-8,11-12,16H,2,9-10,13-14H2,1H3. The molecule has 110 valence electrons. The van der Waals surface area contributed by atoms with Crippen LogP contribution in [0.3, 0.4) is 0 Å². The predicted molar refractivity (Wildman–Crippen MR) is 85.4 cm³/mol. The lowest BCUT2D eigenvalue weighted by Crippen LogP contribution is -2.38. The largest absolute Gasteiger partial charge is 0.490 e. The lowest BCUT2D eigenvalue weighted by Gasteiger charge is -2.31. The van der Waals surface area contributed by atoms with Crippen molar-refractivity contribution in [3.8, 4) is 16.9 Å². The molecule has 1 fully saturated rings. The molecule has 1 saturated heterocycles. The summed E-state index contributed by atoms with van der Waals surface area (Å²) in [6, 6.07) is 12.3. The van der Waals surface area contributed by atoms with Gasteiger partial charge in [0.25, 0.3) is 0 Å². The Hall–Kier alpha value is -1.87. The minimum absolute atomic E-state index is 0.329. The summed E-state index contributed by atoms with van der Waals surface area (Å²) in [5.41, 5.74) is 2.31. The Bertz CT molecular complexity index is 562. The average Bonchev–Trinajstić information content (AvgIpc) is 2.57. The number of benzene rings is 1. The molecular weight excluding hydrogens is 260 g/mol. The maximum atomic E-state index is 6.29. The fourth-order valence-corrected chi connectivity index (χ4v) is 2.86. The topological polar surface area (TPSA) is 25.4 Å². The Morgan fingerprint density at radius 3 is 2.52 bits per heavy atom. The number of piperidine rings is 1. The van der Waals surface area contributed by atoms with Crippen LogP contribution >= 0.6 is 0 Å². The van der Waals surface area contributed by atoms with E-state index < -0.39 is 0 Å². The van der Waals surface area contributed by atoms with Gasteiger partial charge in [-0.1, -0.05) is 25.1 Å². The maximum Gasteiger partial charge on any atom is 0.127 e. The highest BCUT2D eigenvalue weighted by molar-refractivity contribution is 5.69. The van der Waals surface area contributed by atoms with Gasteiger partial charge in [0.15, 0.2) is 0 Å². The molecule has 1 aromatic heterocycles. The van der Waals surface area contributed by atoms with Crippen molar-refractivity contribution in [1.82, 2.24) is 9.88 Å². The number of hydrogen-bond acceptors (Lipinski definition) is 3. The Morgan fingerprint density at radius 1 is 1.10 bits per heavy atom. The number of pyridine rings is 1. The first-order valence-corrected chi connectivity index (χ1v) is 7.75. The molecule has 0 atom stereocenters. The minimum atomic E-state index is 0.329. The zero-order valence-corrected chi connectivity index (χ0v) is 12.5. The molecule has 0 radical (unpaired) electrons. The van der Waals surface area contributed by atoms with E-state index in [0.29, 0.717) is 6.10 Å². The number of ether oxygens (including phenoxy) is 1. The van der Waals surface area contributed by atoms with E-state index in [-0.39, 0.29) is 0 Å². The molecule has 0 unspecified atom stereocenters. The molecule has 3 rings (SSSR count). The van der Waals surface area contributed by atoms with Gasteiger partial charge in [-0.3, -0.25) is 4.98 Å². The number of nitrogens with zero attached hydrogens (tertiary/aromatic N) is 2. The summed E-state index contributed by atoms with van der Waals surface area (Å²) in [7, 11) is 0. The minimum Gasteiger partial charge on any atom is -0.490 e. The molecule has 2 heterocycles. The highest BCUT2D eigenvalue weighted by Crippen LogP contribution is 2.31. The van der Waals surface area contributed by atoms with Crippen LogP contribution in [-0.4, -0.2) is 35.6 Å². The van der Waals surface area contributed by atoms with Crippen LogP contribution in [0.15, 0.2) is 48.8 Å². The Balaban J connectivity index is 1.75. The van der Waals surface area contributed by atoms with Gasteiger partial charge in [-0.25, -0.2) is 0 Å². The Morgan fingerprint density at radius 2 is 1.81 bits per heavy atom. The van der Waals surface area contributed by atoms with Crippen LogP contribution in [-0.2, 0) is 0 Å². The van der Waals surface area contributed by atoms with Crippen LogP contribution < -0.4 is 4.74 Å². The van der Waals surface area contributed by atoms with Gasteiger partial charge < -0.3 is 9.64 Å². The van der Waals surface area contributed by atoms with E-state index in [2.05, 4.69) is 35.0 Å². The molecule has 2 aromatic rings. The van der Waals surface area contributed by atoms with Crippen LogP contribution in [0.1, 0.15) is 19.8 Å². The normalized spacial score (nSPS) is 16.8. The van der Waals surface area contributed by atoms with Crippen molar-refractivity contribution in [2.24, 2.45) is 0 Å². The number of hydrogen-bond donors (Lipinski definition) is 0. The molecule has 1 aromatic carbocycles. The van der Waals surface area contributed by atoms with Gasteiger partial charge in [0.2, 0.25) is 0 Å². The van der Waals surface area contributed by atoms with E-state index in [1.54, 1.807) is 0 Å². The number of rotatable bonds is 4. The van der Waals surface area contributed by atoms with Crippen molar-refractivity contribution >= 4 is 0 Å². The van der Waals surface area contributed by atoms with Gasteiger partial charge in [-0.05, 0) is 43.1 Å². The number of likely N-dealkylation sites (tertiary alicyclic amines) is 1. The summed E-state index contributed by atoms with van der Waals surface area (Å²) in [4.78, 5) is 6.57. The second-order valence-corrected chi connectivity index (χ2v) is 5.48. The van der Waals surface area contributed by atoms with Crippen LogP contribution in [0.5, 0.6) is 5.75 Å². The summed E-state index contributed by atoms with van der Waals surface area (Å²) >= 11 is 0. The van der Waals surface area contributed by atoms with Gasteiger partial charge in [0.05, 0.1) is 0 Å². The van der Waals surface area contributed by atoms with Gasteiger partial charge in [0.1, 0.15) is 11.9 Å². The lowest BCUT2D eigenvalue weighted by atomic mass is 10.0. The van der Waals surface area contributed by atoms with Crippen LogP contribution in [0.25, 0.3) is 11.1 Å². The van der Waals surface area contributed by atoms with Crippen molar-refractivity contribution in [3.63, 3.8) is 0 Å². The molecule has 0 saturated carbocycles. The SMILES string of the molecule is CCN1CCC(Oc2ccccc2-c2ccncc2)CC1. The van der Waals surface area contributed by atoms with Gasteiger partial charge in [-0.15, -0.1) is 0 Å². The van der Waals surface area contributed by atoms with Crippen LogP contribution in [0.4, 0.5) is 0 Å². The molecule has 21 heavy (non-hydrogen) atoms. The highest BCUT2D eigenvalue weighted by Gasteiger charge is 2.20. The van der Waals surface area contributed by atoms with E-state index in [1.807, 2.05) is 30.6 Å². The van der Waals surface area contributed by atoms with Gasteiger partial charge in [-0.2, -0.15) is 0 Å². The first-order valence-electron chi connectivity index (χ1n) is 7.75. The Labute approximate surface area is 126 Å². The lowest BCUT2D eigenvalue weighted by molar-refractivity contribution is 0.104. The Kier molecular flexibility index (Phi) is 4.51. The second-order valence-electron chi connectivity index (χ2n) is 5.48. The first-order chi connectivity index (χ1) is 10.4. The average molecular weight is 282 g/mol. The third-order valence-electron chi connectivity index (χ3n) is 4.15. The molecule has 0 amide bonds. The molecule has 0 bridgehead atoms. The van der Waals surface area contributed by atoms with Gasteiger partial charge in [0, 0.05) is 31.0 Å². The van der Waals surface area contributed by atoms with Crippen LogP contribution in [0, 0.1) is 0 Å². The van der Waals surface area contributed by atoms with E-state index in [9.17, 15) is 0 Å². The monoisotopic (exact) mass is 282 g/mol. The third-order valence-corrected chi connectivity index (χ3v) is 4.15. The summed E-state index contributed by atoms with van der Waals surface area (Å²) in [5, 5.41) is 0. The fourth-order valence-electron chi connectivity index (χ4n) is 2.86. The molecule has 0 aliphatic carbocycles. The van der Waals surface area contributed by atoms with Crippen molar-refractivity contribution in [1.29, 1.82) is 0 Å². The quantitative estimate of drug-likeness (QED) is 0.856. The highest BCUT2D eigenvalue weighted by atomic mass is 16.5. The van der Waals surface area contributed by atoms with Crippen molar-refractivity contribution < 1.29 is 4.74 Å². The van der Waals surface area contributed by atoms with Crippen LogP contribution in [0.2, 0.25) is 0 Å². The van der Waals surface area contributed by atoms with Crippen molar-refractivity contribution in [2.45, 2.75) is 25.9 Å². The molecule has 1 aliphatic heterocycles. The summed E-state index contributed by atoms with van der Waals surface area (Å²) in [6.07, 6.45) is 6.20. The smallest absolute Gasteiger partial charge is 0.127 e. The van der Waals surface area contributed by atoms with Gasteiger partial charge >= 0.3 is 0 Å². The van der Waals surface area contributed by atoms with E-state index >= 15 is 0 Å². The third kappa shape index (κ3) is 3.42. The summed E-state index contributed by atoms with van der Waals surface area (Å²) in [6.45, 7) is 5.64. The molecule has 3 nitrogen and oxygen atoms in total. The molecule has 3 heteroatoms.